The predicted octanol–water partition coefficient (Wildman–Crippen LogP) is 4.96. The van der Waals surface area contributed by atoms with E-state index in [1.165, 1.54) is 0 Å². The Hall–Kier alpha value is -3.57. The molecule has 0 aliphatic heterocycles. The molecule has 26 heavy (non-hydrogen) atoms. The largest absolute Gasteiger partial charge is 0.458 e. The number of esters is 1. The van der Waals surface area contributed by atoms with Crippen LogP contribution in [0.4, 0.5) is 0 Å². The molecule has 3 rings (SSSR count). The van der Waals surface area contributed by atoms with E-state index < -0.39 is 0 Å². The highest BCUT2D eigenvalue weighted by atomic mass is 16.5. The lowest BCUT2D eigenvalue weighted by molar-refractivity contribution is 0.0550. The highest BCUT2D eigenvalue weighted by Gasteiger charge is 2.10. The molecule has 126 valence electrons. The minimum absolute atomic E-state index is 0.216. The first kappa shape index (κ1) is 17.3. The molecule has 0 atom stereocenters. The zero-order valence-corrected chi connectivity index (χ0v) is 14.3. The third kappa shape index (κ3) is 4.96. The van der Waals surface area contributed by atoms with Crippen LogP contribution in [0.1, 0.15) is 27.0 Å². The Balaban J connectivity index is 1.66. The molecule has 0 saturated carbocycles. The van der Waals surface area contributed by atoms with E-state index >= 15 is 0 Å². The number of carbonyl (C=O) groups excluding carboxylic acids is 1. The van der Waals surface area contributed by atoms with Gasteiger partial charge >= 0.3 is 5.97 Å². The maximum Gasteiger partial charge on any atom is 0.339 e. The number of carbonyl (C=O) groups is 1. The summed E-state index contributed by atoms with van der Waals surface area (Å²) in [6.07, 6.45) is 3.75. The van der Waals surface area contributed by atoms with Crippen LogP contribution >= 0.6 is 0 Å². The van der Waals surface area contributed by atoms with Crippen LogP contribution in [0.5, 0.6) is 0 Å². The van der Waals surface area contributed by atoms with Gasteiger partial charge in [0.25, 0.3) is 0 Å². The summed E-state index contributed by atoms with van der Waals surface area (Å²) >= 11 is 0. The highest BCUT2D eigenvalue weighted by Crippen LogP contribution is 2.10. The number of hydrogen-bond donors (Lipinski definition) is 0. The normalized spacial score (nSPS) is 10.2. The van der Waals surface area contributed by atoms with Gasteiger partial charge in [0.1, 0.15) is 6.61 Å². The number of benzene rings is 3. The van der Waals surface area contributed by atoms with Crippen molar-refractivity contribution in [2.24, 2.45) is 0 Å². The Bertz CT molecular complexity index is 946. The van der Waals surface area contributed by atoms with Crippen molar-refractivity contribution in [3.05, 3.63) is 113 Å². The van der Waals surface area contributed by atoms with E-state index in [0.29, 0.717) is 11.1 Å². The minimum atomic E-state index is -0.374. The Kier molecular flexibility index (Phi) is 6.01. The number of hydrogen-bond acceptors (Lipinski definition) is 2. The first-order valence-electron chi connectivity index (χ1n) is 8.38. The molecular weight excluding hydrogens is 320 g/mol. The first-order valence-corrected chi connectivity index (χ1v) is 8.38. The van der Waals surface area contributed by atoms with Crippen molar-refractivity contribution in [3.8, 4) is 11.8 Å². The fraction of sp³-hybridized carbons (Fsp3) is 0.0417. The van der Waals surface area contributed by atoms with Crippen molar-refractivity contribution < 1.29 is 9.53 Å². The van der Waals surface area contributed by atoms with Gasteiger partial charge in [0.2, 0.25) is 0 Å². The Labute approximate surface area is 153 Å². The zero-order valence-electron chi connectivity index (χ0n) is 14.3. The molecule has 0 aromatic heterocycles. The van der Waals surface area contributed by atoms with Gasteiger partial charge in [0.05, 0.1) is 5.56 Å². The van der Waals surface area contributed by atoms with E-state index in [0.717, 1.165) is 11.1 Å². The Morgan fingerprint density at radius 1 is 0.808 bits per heavy atom. The van der Waals surface area contributed by atoms with E-state index in [-0.39, 0.29) is 12.6 Å². The molecule has 0 N–H and O–H groups in total. The summed E-state index contributed by atoms with van der Waals surface area (Å²) in [6, 6.07) is 26.8. The molecule has 0 amide bonds. The van der Waals surface area contributed by atoms with Gasteiger partial charge in [0, 0.05) is 11.1 Å². The second-order valence-electron chi connectivity index (χ2n) is 5.57. The topological polar surface area (TPSA) is 26.3 Å². The zero-order chi connectivity index (χ0) is 18.0. The van der Waals surface area contributed by atoms with Crippen molar-refractivity contribution in [1.82, 2.24) is 0 Å². The van der Waals surface area contributed by atoms with Crippen LogP contribution in [-0.2, 0) is 4.74 Å². The maximum absolute atomic E-state index is 12.4. The highest BCUT2D eigenvalue weighted by molar-refractivity contribution is 5.92. The van der Waals surface area contributed by atoms with Crippen LogP contribution in [0.3, 0.4) is 0 Å². The van der Waals surface area contributed by atoms with Gasteiger partial charge in [-0.05, 0) is 35.9 Å². The van der Waals surface area contributed by atoms with Gasteiger partial charge in [-0.3, -0.25) is 0 Å². The van der Waals surface area contributed by atoms with Gasteiger partial charge in [-0.15, -0.1) is 0 Å². The fourth-order valence-electron chi connectivity index (χ4n) is 2.38. The number of ether oxygens (including phenoxy) is 1. The summed E-state index contributed by atoms with van der Waals surface area (Å²) in [4.78, 5) is 12.4. The van der Waals surface area contributed by atoms with Gasteiger partial charge < -0.3 is 4.74 Å². The van der Waals surface area contributed by atoms with Gasteiger partial charge in [-0.2, -0.15) is 0 Å². The lowest BCUT2D eigenvalue weighted by atomic mass is 10.1. The molecule has 0 spiro atoms. The monoisotopic (exact) mass is 338 g/mol. The second kappa shape index (κ2) is 9.05. The van der Waals surface area contributed by atoms with Crippen LogP contribution in [0, 0.1) is 11.8 Å². The summed E-state index contributed by atoms with van der Waals surface area (Å²) in [5.74, 6) is 5.76. The first-order chi connectivity index (χ1) is 12.8. The fourth-order valence-corrected chi connectivity index (χ4v) is 2.38. The summed E-state index contributed by atoms with van der Waals surface area (Å²) in [5, 5.41) is 0. The molecule has 0 bridgehead atoms. The standard InChI is InChI=1S/C24H18O2/c25-24(26-19-9-14-20-10-3-1-4-11-20)23-16-8-7-15-22(23)18-17-21-12-5-2-6-13-21/h1-16H,19H2/b14-9+. The molecular formula is C24H18O2. The van der Waals surface area contributed by atoms with Crippen LogP contribution in [-0.4, -0.2) is 12.6 Å². The third-order valence-electron chi connectivity index (χ3n) is 3.68. The molecule has 0 aliphatic carbocycles. The molecule has 3 aromatic rings. The molecule has 0 saturated heterocycles. The lowest BCUT2D eigenvalue weighted by Gasteiger charge is -2.04. The average Bonchev–Trinajstić information content (AvgIpc) is 2.71. The smallest absolute Gasteiger partial charge is 0.339 e. The molecule has 0 unspecified atom stereocenters. The van der Waals surface area contributed by atoms with E-state index in [2.05, 4.69) is 11.8 Å². The van der Waals surface area contributed by atoms with E-state index in [1.54, 1.807) is 6.07 Å². The van der Waals surface area contributed by atoms with Crippen molar-refractivity contribution in [2.75, 3.05) is 6.61 Å². The molecule has 2 nitrogen and oxygen atoms in total. The summed E-state index contributed by atoms with van der Waals surface area (Å²) in [7, 11) is 0. The molecule has 0 fully saturated rings. The van der Waals surface area contributed by atoms with E-state index in [9.17, 15) is 4.79 Å². The Morgan fingerprint density at radius 3 is 2.23 bits per heavy atom. The quantitative estimate of drug-likeness (QED) is 0.497. The lowest BCUT2D eigenvalue weighted by Crippen LogP contribution is -2.07. The molecule has 0 heterocycles. The van der Waals surface area contributed by atoms with Crippen molar-refractivity contribution in [2.45, 2.75) is 0 Å². The second-order valence-corrected chi connectivity index (χ2v) is 5.57. The Morgan fingerprint density at radius 2 is 1.46 bits per heavy atom. The van der Waals surface area contributed by atoms with E-state index in [1.807, 2.05) is 91.0 Å². The maximum atomic E-state index is 12.4. The van der Waals surface area contributed by atoms with Gasteiger partial charge in [0.15, 0.2) is 0 Å². The molecule has 3 aromatic carbocycles. The van der Waals surface area contributed by atoms with Crippen LogP contribution in [0.25, 0.3) is 6.08 Å². The molecule has 2 heteroatoms. The van der Waals surface area contributed by atoms with E-state index in [4.69, 9.17) is 4.74 Å². The minimum Gasteiger partial charge on any atom is -0.458 e. The van der Waals surface area contributed by atoms with Crippen LogP contribution < -0.4 is 0 Å². The average molecular weight is 338 g/mol. The van der Waals surface area contributed by atoms with Crippen LogP contribution in [0.15, 0.2) is 91.0 Å². The van der Waals surface area contributed by atoms with Crippen molar-refractivity contribution in [3.63, 3.8) is 0 Å². The molecule has 0 aliphatic rings. The SMILES string of the molecule is O=C(OC/C=C/c1ccccc1)c1ccccc1C#Cc1ccccc1. The van der Waals surface area contributed by atoms with Gasteiger partial charge in [-0.25, -0.2) is 4.79 Å². The number of rotatable bonds is 4. The van der Waals surface area contributed by atoms with Crippen molar-refractivity contribution in [1.29, 1.82) is 0 Å². The summed E-state index contributed by atoms with van der Waals surface area (Å²) in [5.41, 5.74) is 3.11. The predicted molar refractivity (Wildman–Crippen MR) is 105 cm³/mol. The van der Waals surface area contributed by atoms with Gasteiger partial charge in [-0.1, -0.05) is 78.6 Å². The third-order valence-corrected chi connectivity index (χ3v) is 3.68. The molecule has 0 radical (unpaired) electrons. The summed E-state index contributed by atoms with van der Waals surface area (Å²) < 4.78 is 5.35. The van der Waals surface area contributed by atoms with Crippen LogP contribution in [0.2, 0.25) is 0 Å². The van der Waals surface area contributed by atoms with Crippen molar-refractivity contribution >= 4 is 12.0 Å². The summed E-state index contributed by atoms with van der Waals surface area (Å²) in [6.45, 7) is 0.216.